The largest absolute Gasteiger partial charge is 0.426 e. The van der Waals surface area contributed by atoms with E-state index in [-0.39, 0.29) is 12.8 Å². The molecule has 0 aromatic heterocycles. The SMILES string of the molecule is CCC(C)CC(O)(C(F)(F)F)C(F)(F)F.CCC(C)CC(OC(C)(C)C)(C(F)(F)F)C(F)(F)F. The molecule has 0 aromatic rings. The summed E-state index contributed by atoms with van der Waals surface area (Å²) in [5.74, 6) is -1.62. The van der Waals surface area contributed by atoms with Gasteiger partial charge in [0, 0.05) is 0 Å². The molecule has 0 saturated heterocycles. The van der Waals surface area contributed by atoms with Gasteiger partial charge in [0.1, 0.15) is 0 Å². The van der Waals surface area contributed by atoms with Crippen molar-refractivity contribution in [1.82, 2.24) is 0 Å². The number of hydrogen-bond donors (Lipinski definition) is 1. The highest BCUT2D eigenvalue weighted by atomic mass is 19.4. The van der Waals surface area contributed by atoms with Gasteiger partial charge in [-0.1, -0.05) is 40.5 Å². The first-order valence-corrected chi connectivity index (χ1v) is 10.3. The fraction of sp³-hybridized carbons (Fsp3) is 1.00. The first-order valence-electron chi connectivity index (χ1n) is 10.3. The monoisotopic (exact) mass is 532 g/mol. The Balaban J connectivity index is 0. The van der Waals surface area contributed by atoms with Gasteiger partial charge in [-0.2, -0.15) is 52.7 Å². The lowest BCUT2D eigenvalue weighted by molar-refractivity contribution is -0.403. The molecule has 34 heavy (non-hydrogen) atoms. The van der Waals surface area contributed by atoms with Gasteiger partial charge < -0.3 is 9.84 Å². The fourth-order valence-electron chi connectivity index (χ4n) is 2.75. The van der Waals surface area contributed by atoms with Crippen molar-refractivity contribution in [1.29, 1.82) is 0 Å². The van der Waals surface area contributed by atoms with Gasteiger partial charge in [0.15, 0.2) is 0 Å². The van der Waals surface area contributed by atoms with E-state index in [1.54, 1.807) is 6.92 Å². The van der Waals surface area contributed by atoms with Crippen LogP contribution in [-0.4, -0.2) is 46.6 Å². The van der Waals surface area contributed by atoms with Crippen LogP contribution in [0.2, 0.25) is 0 Å². The summed E-state index contributed by atoms with van der Waals surface area (Å²) >= 11 is 0. The van der Waals surface area contributed by atoms with Gasteiger partial charge in [0.05, 0.1) is 5.60 Å². The Morgan fingerprint density at radius 2 is 0.882 bits per heavy atom. The summed E-state index contributed by atoms with van der Waals surface area (Å²) in [6, 6.07) is 0. The predicted octanol–water partition coefficient (Wildman–Crippen LogP) is 8.38. The number of aliphatic hydroxyl groups is 1. The minimum atomic E-state index is -5.70. The molecule has 0 spiro atoms. The molecule has 0 fully saturated rings. The summed E-state index contributed by atoms with van der Waals surface area (Å²) in [4.78, 5) is 0. The summed E-state index contributed by atoms with van der Waals surface area (Å²) < 4.78 is 156. The highest BCUT2D eigenvalue weighted by molar-refractivity contribution is 4.98. The van der Waals surface area contributed by atoms with Crippen molar-refractivity contribution in [2.45, 2.75) is 116 Å². The molecule has 2 unspecified atom stereocenters. The normalized spacial score (nSPS) is 16.6. The van der Waals surface area contributed by atoms with Crippen LogP contribution in [0, 0.1) is 11.8 Å². The van der Waals surface area contributed by atoms with Crippen molar-refractivity contribution in [3.8, 4) is 0 Å². The topological polar surface area (TPSA) is 29.5 Å². The number of hydrogen-bond acceptors (Lipinski definition) is 2. The lowest BCUT2D eigenvalue weighted by Crippen LogP contribution is -2.62. The Kier molecular flexibility index (Phi) is 11.8. The molecular weight excluding hydrogens is 500 g/mol. The zero-order valence-corrected chi connectivity index (χ0v) is 19.9. The molecule has 2 atom stereocenters. The molecule has 0 amide bonds. The maximum atomic E-state index is 13.1. The highest BCUT2D eigenvalue weighted by Crippen LogP contribution is 2.51. The number of alkyl halides is 12. The van der Waals surface area contributed by atoms with Crippen molar-refractivity contribution >= 4 is 0 Å². The quantitative estimate of drug-likeness (QED) is 0.334. The van der Waals surface area contributed by atoms with Crippen LogP contribution in [0.15, 0.2) is 0 Å². The summed E-state index contributed by atoms with van der Waals surface area (Å²) in [6.45, 7) is 9.10. The molecule has 0 radical (unpaired) electrons. The Labute approximate surface area is 191 Å². The summed E-state index contributed by atoms with van der Waals surface area (Å²) in [6.07, 6.45) is -24.6. The molecule has 0 bridgehead atoms. The predicted molar refractivity (Wildman–Crippen MR) is 101 cm³/mol. The molecule has 0 aromatic carbocycles. The van der Waals surface area contributed by atoms with E-state index in [0.29, 0.717) is 0 Å². The molecule has 0 rings (SSSR count). The van der Waals surface area contributed by atoms with Crippen molar-refractivity contribution in [3.05, 3.63) is 0 Å². The third-order valence-electron chi connectivity index (χ3n) is 5.01. The van der Waals surface area contributed by atoms with Crippen LogP contribution < -0.4 is 0 Å². The van der Waals surface area contributed by atoms with E-state index in [1.807, 2.05) is 0 Å². The van der Waals surface area contributed by atoms with Crippen molar-refractivity contribution < 1.29 is 62.5 Å². The third kappa shape index (κ3) is 9.27. The highest BCUT2D eigenvalue weighted by Gasteiger charge is 2.73. The molecule has 1 N–H and O–H groups in total. The Bertz CT molecular complexity index is 569. The molecule has 208 valence electrons. The second kappa shape index (κ2) is 11.4. The number of halogens is 12. The van der Waals surface area contributed by atoms with Gasteiger partial charge in [-0.3, -0.25) is 0 Å². The minimum absolute atomic E-state index is 0.133. The second-order valence-electron chi connectivity index (χ2n) is 9.33. The van der Waals surface area contributed by atoms with Gasteiger partial charge >= 0.3 is 24.7 Å². The van der Waals surface area contributed by atoms with Gasteiger partial charge in [0.25, 0.3) is 11.2 Å². The van der Waals surface area contributed by atoms with Crippen LogP contribution >= 0.6 is 0 Å². The molecule has 2 nitrogen and oxygen atoms in total. The lowest BCUT2D eigenvalue weighted by atomic mass is 9.87. The van der Waals surface area contributed by atoms with Crippen LogP contribution in [0.25, 0.3) is 0 Å². The molecule has 0 aliphatic carbocycles. The van der Waals surface area contributed by atoms with E-state index < -0.39 is 66.2 Å². The summed E-state index contributed by atoms with van der Waals surface area (Å²) in [5, 5.41) is 8.74. The van der Waals surface area contributed by atoms with Crippen LogP contribution in [0.1, 0.15) is 74.1 Å². The Morgan fingerprint density at radius 1 is 0.588 bits per heavy atom. The average Bonchev–Trinajstić information content (AvgIpc) is 2.56. The molecule has 14 heteroatoms. The van der Waals surface area contributed by atoms with E-state index in [4.69, 9.17) is 5.11 Å². The van der Waals surface area contributed by atoms with Crippen LogP contribution in [0.5, 0.6) is 0 Å². The van der Waals surface area contributed by atoms with Gasteiger partial charge in [-0.05, 0) is 45.4 Å². The van der Waals surface area contributed by atoms with Gasteiger partial charge in [-0.15, -0.1) is 0 Å². The Hall–Kier alpha value is -0.920. The van der Waals surface area contributed by atoms with E-state index >= 15 is 0 Å². The van der Waals surface area contributed by atoms with Crippen LogP contribution in [-0.2, 0) is 4.74 Å². The first-order chi connectivity index (χ1) is 14.6. The number of ether oxygens (including phenoxy) is 1. The first kappa shape index (κ1) is 35.2. The molecule has 0 aliphatic heterocycles. The Morgan fingerprint density at radius 3 is 1.09 bits per heavy atom. The van der Waals surface area contributed by atoms with Gasteiger partial charge in [-0.25, -0.2) is 0 Å². The van der Waals surface area contributed by atoms with E-state index in [2.05, 4.69) is 4.74 Å². The van der Waals surface area contributed by atoms with Crippen LogP contribution in [0.3, 0.4) is 0 Å². The maximum Gasteiger partial charge on any atom is 0.426 e. The van der Waals surface area contributed by atoms with Crippen molar-refractivity contribution in [2.24, 2.45) is 11.8 Å². The zero-order chi connectivity index (χ0) is 28.2. The zero-order valence-electron chi connectivity index (χ0n) is 19.9. The van der Waals surface area contributed by atoms with Crippen LogP contribution in [0.4, 0.5) is 52.7 Å². The van der Waals surface area contributed by atoms with E-state index in [1.165, 1.54) is 41.5 Å². The smallest absolute Gasteiger partial charge is 0.374 e. The lowest BCUT2D eigenvalue weighted by Gasteiger charge is -2.42. The molecular formula is C20H32F12O2. The maximum absolute atomic E-state index is 13.1. The van der Waals surface area contributed by atoms with E-state index in [0.717, 1.165) is 0 Å². The standard InChI is InChI=1S/C12H20F6O.C8H12F6O/c1-6-8(2)7-10(11(13,14)15,12(16,17)18)19-9(3,4)5;1-3-5(2)4-6(15,7(9,10)11)8(12,13)14/h8H,6-7H2,1-5H3;5,15H,3-4H2,1-2H3. The fourth-order valence-corrected chi connectivity index (χ4v) is 2.75. The van der Waals surface area contributed by atoms with E-state index in [9.17, 15) is 52.7 Å². The van der Waals surface area contributed by atoms with Crippen molar-refractivity contribution in [3.63, 3.8) is 0 Å². The summed E-state index contributed by atoms with van der Waals surface area (Å²) in [5.41, 5.74) is -10.3. The molecule has 0 saturated carbocycles. The average molecular weight is 532 g/mol. The second-order valence-corrected chi connectivity index (χ2v) is 9.33. The number of rotatable bonds is 7. The van der Waals surface area contributed by atoms with Gasteiger partial charge in [0.2, 0.25) is 0 Å². The third-order valence-corrected chi connectivity index (χ3v) is 5.01. The molecule has 0 heterocycles. The van der Waals surface area contributed by atoms with Crippen molar-refractivity contribution in [2.75, 3.05) is 0 Å². The summed E-state index contributed by atoms with van der Waals surface area (Å²) in [7, 11) is 0. The minimum Gasteiger partial charge on any atom is -0.374 e. The molecule has 0 aliphatic rings.